The molecule has 0 aromatic carbocycles. The molecule has 2 aromatic rings. The number of carbonyl (C=O) groups is 1. The van der Waals surface area contributed by atoms with Gasteiger partial charge in [0.25, 0.3) is 0 Å². The monoisotopic (exact) mass is 294 g/mol. The first kappa shape index (κ1) is 14.6. The van der Waals surface area contributed by atoms with Crippen LogP contribution in [-0.2, 0) is 11.3 Å². The van der Waals surface area contributed by atoms with Crippen molar-refractivity contribution in [1.82, 2.24) is 20.5 Å². The second kappa shape index (κ2) is 6.60. The van der Waals surface area contributed by atoms with Crippen LogP contribution in [-0.4, -0.2) is 26.3 Å². The van der Waals surface area contributed by atoms with E-state index in [4.69, 9.17) is 4.42 Å². The van der Waals surface area contributed by atoms with Gasteiger partial charge in [0.05, 0.1) is 18.1 Å². The molecule has 0 fully saturated rings. The minimum absolute atomic E-state index is 0.0673. The van der Waals surface area contributed by atoms with E-state index in [0.717, 1.165) is 11.6 Å². The summed E-state index contributed by atoms with van der Waals surface area (Å²) in [5.41, 5.74) is 0. The van der Waals surface area contributed by atoms with Crippen molar-refractivity contribution in [3.8, 4) is 0 Å². The van der Waals surface area contributed by atoms with Crippen LogP contribution in [0.2, 0.25) is 0 Å². The van der Waals surface area contributed by atoms with Crippen molar-refractivity contribution in [3.05, 3.63) is 30.0 Å². The molecule has 2 rings (SSSR count). The molecule has 0 aliphatic carbocycles. The number of H-pyrrole nitrogens is 1. The lowest BCUT2D eigenvalue weighted by molar-refractivity contribution is -0.120. The van der Waals surface area contributed by atoms with Crippen LogP contribution in [0.5, 0.6) is 0 Å². The average molecular weight is 294 g/mol. The van der Waals surface area contributed by atoms with E-state index < -0.39 is 0 Å². The summed E-state index contributed by atoms with van der Waals surface area (Å²) in [4.78, 5) is 16.3. The van der Waals surface area contributed by atoms with Crippen molar-refractivity contribution >= 4 is 17.7 Å². The standard InChI is InChI=1S/C13H18N4O2S/c1-8(2)11-15-13(17-16-11)20-9(3)12(18)14-7-10-5-4-6-19-10/h4-6,8-9H,7H2,1-3H3,(H,14,18)(H,15,16,17)/t9-/m1/s1. The van der Waals surface area contributed by atoms with E-state index in [9.17, 15) is 4.79 Å². The molecule has 6 nitrogen and oxygen atoms in total. The third-order valence-corrected chi connectivity index (χ3v) is 3.66. The molecular weight excluding hydrogens is 276 g/mol. The Kier molecular flexibility index (Phi) is 4.84. The number of furan rings is 1. The van der Waals surface area contributed by atoms with E-state index in [0.29, 0.717) is 17.6 Å². The van der Waals surface area contributed by atoms with E-state index in [1.165, 1.54) is 11.8 Å². The molecular formula is C13H18N4O2S. The van der Waals surface area contributed by atoms with Gasteiger partial charge in [-0.3, -0.25) is 9.89 Å². The van der Waals surface area contributed by atoms with Gasteiger partial charge in [-0.25, -0.2) is 4.98 Å². The molecule has 1 amide bonds. The highest BCUT2D eigenvalue weighted by Gasteiger charge is 2.17. The number of rotatable bonds is 6. The molecule has 0 radical (unpaired) electrons. The van der Waals surface area contributed by atoms with E-state index in [1.807, 2.05) is 26.8 Å². The van der Waals surface area contributed by atoms with E-state index >= 15 is 0 Å². The predicted molar refractivity (Wildman–Crippen MR) is 76.3 cm³/mol. The van der Waals surface area contributed by atoms with E-state index in [1.54, 1.807) is 12.3 Å². The van der Waals surface area contributed by atoms with Crippen LogP contribution in [0.15, 0.2) is 28.0 Å². The summed E-state index contributed by atoms with van der Waals surface area (Å²) >= 11 is 1.33. The van der Waals surface area contributed by atoms with Crippen molar-refractivity contribution in [2.45, 2.75) is 43.6 Å². The maximum atomic E-state index is 11.9. The first-order chi connectivity index (χ1) is 9.56. The lowest BCUT2D eigenvalue weighted by Crippen LogP contribution is -2.30. The number of aromatic amines is 1. The number of carbonyl (C=O) groups excluding carboxylic acids is 1. The summed E-state index contributed by atoms with van der Waals surface area (Å²) in [6, 6.07) is 3.61. The van der Waals surface area contributed by atoms with Crippen LogP contribution in [0.3, 0.4) is 0 Å². The summed E-state index contributed by atoms with van der Waals surface area (Å²) < 4.78 is 5.16. The van der Waals surface area contributed by atoms with Crippen molar-refractivity contribution < 1.29 is 9.21 Å². The lowest BCUT2D eigenvalue weighted by atomic mass is 10.2. The van der Waals surface area contributed by atoms with Crippen LogP contribution in [0, 0.1) is 0 Å². The number of nitrogens with one attached hydrogen (secondary N) is 2. The minimum atomic E-state index is -0.263. The van der Waals surface area contributed by atoms with Gasteiger partial charge in [0.1, 0.15) is 11.6 Å². The number of amides is 1. The molecule has 0 bridgehead atoms. The molecule has 2 N–H and O–H groups in total. The maximum Gasteiger partial charge on any atom is 0.233 e. The number of nitrogens with zero attached hydrogens (tertiary/aromatic N) is 2. The van der Waals surface area contributed by atoms with Gasteiger partial charge >= 0.3 is 0 Å². The molecule has 0 saturated carbocycles. The van der Waals surface area contributed by atoms with Gasteiger partial charge in [0, 0.05) is 5.92 Å². The van der Waals surface area contributed by atoms with Crippen LogP contribution in [0.4, 0.5) is 0 Å². The third-order valence-electron chi connectivity index (χ3n) is 2.70. The second-order valence-corrected chi connectivity index (χ2v) is 6.02. The lowest BCUT2D eigenvalue weighted by Gasteiger charge is -2.08. The maximum absolute atomic E-state index is 11.9. The zero-order valence-corrected chi connectivity index (χ0v) is 12.5. The average Bonchev–Trinajstić information content (AvgIpc) is 3.06. The summed E-state index contributed by atoms with van der Waals surface area (Å²) in [6.07, 6.45) is 1.58. The van der Waals surface area contributed by atoms with Crippen LogP contribution < -0.4 is 5.32 Å². The summed E-state index contributed by atoms with van der Waals surface area (Å²) in [6.45, 7) is 6.29. The molecule has 0 aliphatic rings. The highest BCUT2D eigenvalue weighted by Crippen LogP contribution is 2.21. The Morgan fingerprint density at radius 3 is 2.90 bits per heavy atom. The van der Waals surface area contributed by atoms with E-state index in [2.05, 4.69) is 20.5 Å². The summed E-state index contributed by atoms with van der Waals surface area (Å²) in [5.74, 6) is 1.79. The molecule has 108 valence electrons. The fourth-order valence-corrected chi connectivity index (χ4v) is 2.27. The van der Waals surface area contributed by atoms with E-state index in [-0.39, 0.29) is 11.2 Å². The zero-order valence-electron chi connectivity index (χ0n) is 11.7. The van der Waals surface area contributed by atoms with Crippen molar-refractivity contribution in [2.75, 3.05) is 0 Å². The van der Waals surface area contributed by atoms with Gasteiger partial charge in [-0.05, 0) is 19.1 Å². The smallest absolute Gasteiger partial charge is 0.233 e. The Balaban J connectivity index is 1.83. The first-order valence-electron chi connectivity index (χ1n) is 6.45. The van der Waals surface area contributed by atoms with Gasteiger partial charge in [0.15, 0.2) is 0 Å². The van der Waals surface area contributed by atoms with Crippen LogP contribution in [0.25, 0.3) is 0 Å². The van der Waals surface area contributed by atoms with Gasteiger partial charge in [0.2, 0.25) is 11.1 Å². The number of hydrogen-bond donors (Lipinski definition) is 2. The Morgan fingerprint density at radius 2 is 2.30 bits per heavy atom. The summed E-state index contributed by atoms with van der Waals surface area (Å²) in [7, 11) is 0. The van der Waals surface area contributed by atoms with Crippen LogP contribution in [0.1, 0.15) is 38.3 Å². The summed E-state index contributed by atoms with van der Waals surface area (Å²) in [5, 5.41) is 10.1. The Hall–Kier alpha value is -1.76. The highest BCUT2D eigenvalue weighted by atomic mass is 32.2. The molecule has 1 atom stereocenters. The molecule has 0 aliphatic heterocycles. The largest absolute Gasteiger partial charge is 0.467 e. The van der Waals surface area contributed by atoms with Gasteiger partial charge in [-0.2, -0.15) is 0 Å². The fourth-order valence-electron chi connectivity index (χ4n) is 1.51. The van der Waals surface area contributed by atoms with Crippen molar-refractivity contribution in [2.24, 2.45) is 0 Å². The number of thioether (sulfide) groups is 1. The Bertz CT molecular complexity index is 550. The highest BCUT2D eigenvalue weighted by molar-refractivity contribution is 8.00. The van der Waals surface area contributed by atoms with Crippen LogP contribution >= 0.6 is 11.8 Å². The molecule has 7 heteroatoms. The quantitative estimate of drug-likeness (QED) is 0.799. The molecule has 2 heterocycles. The normalized spacial score (nSPS) is 12.6. The van der Waals surface area contributed by atoms with Gasteiger partial charge in [-0.1, -0.05) is 25.6 Å². The fraction of sp³-hybridized carbons (Fsp3) is 0.462. The molecule has 20 heavy (non-hydrogen) atoms. The molecule has 0 unspecified atom stereocenters. The van der Waals surface area contributed by atoms with Gasteiger partial charge < -0.3 is 9.73 Å². The molecule has 0 saturated heterocycles. The number of hydrogen-bond acceptors (Lipinski definition) is 5. The minimum Gasteiger partial charge on any atom is -0.467 e. The third kappa shape index (κ3) is 3.86. The second-order valence-electron chi connectivity index (χ2n) is 4.72. The Morgan fingerprint density at radius 1 is 1.50 bits per heavy atom. The molecule has 2 aromatic heterocycles. The molecule has 0 spiro atoms. The SMILES string of the molecule is CC(C)c1nc(S[C@H](C)C(=O)NCc2ccco2)n[nH]1. The zero-order chi connectivity index (χ0) is 14.5. The first-order valence-corrected chi connectivity index (χ1v) is 7.33. The number of aromatic nitrogens is 3. The van der Waals surface area contributed by atoms with Crippen molar-refractivity contribution in [1.29, 1.82) is 0 Å². The Labute approximate surface area is 121 Å². The van der Waals surface area contributed by atoms with Gasteiger partial charge in [-0.15, -0.1) is 5.10 Å². The predicted octanol–water partition coefficient (Wildman–Crippen LogP) is 2.32. The topological polar surface area (TPSA) is 83.8 Å². The van der Waals surface area contributed by atoms with Crippen molar-refractivity contribution in [3.63, 3.8) is 0 Å².